The Balaban J connectivity index is 1.88. The van der Waals surface area contributed by atoms with Crippen LogP contribution >= 0.6 is 0 Å². The van der Waals surface area contributed by atoms with Crippen molar-refractivity contribution in [2.75, 3.05) is 18.0 Å². The number of carboxylic acids is 1. The minimum atomic E-state index is -0.767. The molecule has 2 aliphatic rings. The lowest BCUT2D eigenvalue weighted by Gasteiger charge is -2.22. The summed E-state index contributed by atoms with van der Waals surface area (Å²) >= 11 is 0. The van der Waals surface area contributed by atoms with Gasteiger partial charge in [0.25, 0.3) is 0 Å². The molecule has 2 amide bonds. The predicted molar refractivity (Wildman–Crippen MR) is 79.6 cm³/mol. The Bertz CT molecular complexity index is 593. The first-order valence-electron chi connectivity index (χ1n) is 7.38. The van der Waals surface area contributed by atoms with Crippen LogP contribution in [0.2, 0.25) is 0 Å². The molecule has 112 valence electrons. The summed E-state index contributed by atoms with van der Waals surface area (Å²) in [5.41, 5.74) is 0.882. The first-order valence-corrected chi connectivity index (χ1v) is 7.38. The van der Waals surface area contributed by atoms with Gasteiger partial charge in [0.15, 0.2) is 0 Å². The molecule has 0 bridgehead atoms. The molecule has 21 heavy (non-hydrogen) atoms. The van der Waals surface area contributed by atoms with Gasteiger partial charge in [0.2, 0.25) is 0 Å². The number of carbonyl (C=O) groups excluding carboxylic acids is 1. The summed E-state index contributed by atoms with van der Waals surface area (Å²) in [6, 6.07) is 7.62. The van der Waals surface area contributed by atoms with Crippen molar-refractivity contribution >= 4 is 17.7 Å². The zero-order chi connectivity index (χ0) is 15.2. The second-order valence-electron chi connectivity index (χ2n) is 6.16. The molecule has 0 aromatic heterocycles. The van der Waals surface area contributed by atoms with Crippen molar-refractivity contribution in [1.82, 2.24) is 4.90 Å². The molecule has 0 unspecified atom stereocenters. The summed E-state index contributed by atoms with van der Waals surface area (Å²) < 4.78 is 0. The van der Waals surface area contributed by atoms with Crippen molar-refractivity contribution in [1.29, 1.82) is 0 Å². The molecule has 1 aliphatic carbocycles. The van der Waals surface area contributed by atoms with E-state index >= 15 is 0 Å². The Hall–Kier alpha value is -2.04. The van der Waals surface area contributed by atoms with Crippen molar-refractivity contribution in [3.05, 3.63) is 29.8 Å². The van der Waals surface area contributed by atoms with E-state index in [-0.39, 0.29) is 12.1 Å². The molecule has 5 nitrogen and oxygen atoms in total. The fraction of sp³-hybridized carbons (Fsp3) is 0.500. The van der Waals surface area contributed by atoms with E-state index in [2.05, 4.69) is 0 Å². The molecular formula is C16H20N2O3. The molecule has 5 heteroatoms. The van der Waals surface area contributed by atoms with Crippen LogP contribution < -0.4 is 4.90 Å². The molecule has 1 saturated carbocycles. The third-order valence-corrected chi connectivity index (χ3v) is 4.53. The van der Waals surface area contributed by atoms with Gasteiger partial charge in [-0.15, -0.1) is 0 Å². The van der Waals surface area contributed by atoms with E-state index in [4.69, 9.17) is 0 Å². The van der Waals surface area contributed by atoms with Gasteiger partial charge >= 0.3 is 12.0 Å². The minimum absolute atomic E-state index is 0.00215. The smallest absolute Gasteiger partial charge is 0.324 e. The number of hydrogen-bond acceptors (Lipinski definition) is 2. The summed E-state index contributed by atoms with van der Waals surface area (Å²) in [6.45, 7) is 5.37. The van der Waals surface area contributed by atoms with E-state index < -0.39 is 11.4 Å². The number of hydrogen-bond donors (Lipinski definition) is 1. The van der Waals surface area contributed by atoms with Gasteiger partial charge in [-0.3, -0.25) is 9.69 Å². The average molecular weight is 288 g/mol. The van der Waals surface area contributed by atoms with Gasteiger partial charge in [0.1, 0.15) is 0 Å². The Kier molecular flexibility index (Phi) is 3.15. The van der Waals surface area contributed by atoms with Crippen LogP contribution in [-0.2, 0) is 10.2 Å². The number of carbonyl (C=O) groups is 2. The van der Waals surface area contributed by atoms with Crippen molar-refractivity contribution < 1.29 is 14.7 Å². The number of benzene rings is 1. The summed E-state index contributed by atoms with van der Waals surface area (Å²) in [5, 5.41) is 9.39. The number of urea groups is 1. The van der Waals surface area contributed by atoms with Crippen molar-refractivity contribution in [2.24, 2.45) is 0 Å². The fourth-order valence-electron chi connectivity index (χ4n) is 3.00. The molecule has 0 spiro atoms. The first-order chi connectivity index (χ1) is 9.95. The summed E-state index contributed by atoms with van der Waals surface area (Å²) in [4.78, 5) is 27.4. The number of amides is 2. The van der Waals surface area contributed by atoms with Crippen LogP contribution in [-0.4, -0.2) is 41.1 Å². The maximum absolute atomic E-state index is 12.4. The van der Waals surface area contributed by atoms with Crippen LogP contribution in [0.25, 0.3) is 0 Å². The number of aliphatic carboxylic acids is 1. The van der Waals surface area contributed by atoms with Gasteiger partial charge in [-0.25, -0.2) is 4.79 Å². The van der Waals surface area contributed by atoms with E-state index in [0.717, 1.165) is 11.3 Å². The molecule has 0 atom stereocenters. The molecule has 1 saturated heterocycles. The Morgan fingerprint density at radius 3 is 2.52 bits per heavy atom. The second kappa shape index (κ2) is 4.76. The highest BCUT2D eigenvalue weighted by Crippen LogP contribution is 2.49. The second-order valence-corrected chi connectivity index (χ2v) is 6.16. The predicted octanol–water partition coefficient (Wildman–Crippen LogP) is 2.45. The van der Waals surface area contributed by atoms with E-state index in [0.29, 0.717) is 25.9 Å². The highest BCUT2D eigenvalue weighted by molar-refractivity contribution is 5.95. The highest BCUT2D eigenvalue weighted by atomic mass is 16.4. The topological polar surface area (TPSA) is 60.9 Å². The quantitative estimate of drug-likeness (QED) is 0.925. The lowest BCUT2D eigenvalue weighted by atomic mass is 9.95. The number of carboxylic acid groups (broad SMARTS) is 1. The molecule has 0 radical (unpaired) electrons. The van der Waals surface area contributed by atoms with Crippen LogP contribution in [0.1, 0.15) is 32.3 Å². The van der Waals surface area contributed by atoms with Gasteiger partial charge < -0.3 is 10.0 Å². The molecule has 3 rings (SSSR count). The summed E-state index contributed by atoms with van der Waals surface area (Å²) in [5.74, 6) is -0.767. The van der Waals surface area contributed by atoms with Crippen molar-refractivity contribution in [2.45, 2.75) is 38.1 Å². The summed E-state index contributed by atoms with van der Waals surface area (Å²) in [7, 11) is 0. The van der Waals surface area contributed by atoms with E-state index in [1.807, 2.05) is 43.0 Å². The lowest BCUT2D eigenvalue weighted by molar-refractivity contribution is -0.140. The number of rotatable bonds is 4. The van der Waals surface area contributed by atoms with E-state index in [1.54, 1.807) is 4.90 Å². The molecule has 1 heterocycles. The van der Waals surface area contributed by atoms with Crippen LogP contribution in [0, 0.1) is 0 Å². The molecule has 1 aromatic rings. The Morgan fingerprint density at radius 1 is 1.29 bits per heavy atom. The van der Waals surface area contributed by atoms with Crippen molar-refractivity contribution in [3.63, 3.8) is 0 Å². The molecule has 1 aliphatic heterocycles. The maximum atomic E-state index is 12.4. The third kappa shape index (κ3) is 2.17. The Labute approximate surface area is 124 Å². The SMILES string of the molecule is CC(C)N1CCN(c2cccc(C3(C(=O)O)CC3)c2)C1=O. The molecule has 1 aromatic carbocycles. The zero-order valence-corrected chi connectivity index (χ0v) is 12.4. The highest BCUT2D eigenvalue weighted by Gasteiger charge is 2.51. The zero-order valence-electron chi connectivity index (χ0n) is 12.4. The van der Waals surface area contributed by atoms with Crippen LogP contribution in [0.15, 0.2) is 24.3 Å². The average Bonchev–Trinajstić information content (AvgIpc) is 3.17. The Morgan fingerprint density at radius 2 is 2.00 bits per heavy atom. The molecule has 1 N–H and O–H groups in total. The van der Waals surface area contributed by atoms with E-state index in [9.17, 15) is 14.7 Å². The normalized spacial score (nSPS) is 20.2. The van der Waals surface area contributed by atoms with Gasteiger partial charge in [0.05, 0.1) is 5.41 Å². The fourth-order valence-corrected chi connectivity index (χ4v) is 3.00. The first kappa shape index (κ1) is 13.9. The van der Waals surface area contributed by atoms with Gasteiger partial charge in [-0.05, 0) is 44.4 Å². The largest absolute Gasteiger partial charge is 0.481 e. The number of nitrogens with zero attached hydrogens (tertiary/aromatic N) is 2. The van der Waals surface area contributed by atoms with Gasteiger partial charge in [0, 0.05) is 24.8 Å². The summed E-state index contributed by atoms with van der Waals surface area (Å²) in [6.07, 6.45) is 1.36. The van der Waals surface area contributed by atoms with Gasteiger partial charge in [-0.2, -0.15) is 0 Å². The van der Waals surface area contributed by atoms with E-state index in [1.165, 1.54) is 0 Å². The van der Waals surface area contributed by atoms with Crippen LogP contribution in [0.4, 0.5) is 10.5 Å². The molecular weight excluding hydrogens is 268 g/mol. The third-order valence-electron chi connectivity index (χ3n) is 4.53. The standard InChI is InChI=1S/C16H20N2O3/c1-11(2)17-8-9-18(15(17)21)13-5-3-4-12(10-13)16(6-7-16)14(19)20/h3-5,10-11H,6-9H2,1-2H3,(H,19,20). The maximum Gasteiger partial charge on any atom is 0.324 e. The van der Waals surface area contributed by atoms with Crippen molar-refractivity contribution in [3.8, 4) is 0 Å². The van der Waals surface area contributed by atoms with Crippen LogP contribution in [0.5, 0.6) is 0 Å². The van der Waals surface area contributed by atoms with Crippen LogP contribution in [0.3, 0.4) is 0 Å². The lowest BCUT2D eigenvalue weighted by Crippen LogP contribution is -2.36. The number of anilines is 1. The minimum Gasteiger partial charge on any atom is -0.481 e. The molecule has 2 fully saturated rings. The monoisotopic (exact) mass is 288 g/mol. The van der Waals surface area contributed by atoms with Gasteiger partial charge in [-0.1, -0.05) is 12.1 Å².